The van der Waals surface area contributed by atoms with E-state index < -0.39 is 42.2 Å². The van der Waals surface area contributed by atoms with Crippen molar-refractivity contribution in [2.75, 3.05) is 6.61 Å². The summed E-state index contributed by atoms with van der Waals surface area (Å²) in [5.41, 5.74) is -0.835. The van der Waals surface area contributed by atoms with Crippen molar-refractivity contribution in [1.29, 1.82) is 0 Å². The van der Waals surface area contributed by atoms with Crippen LogP contribution in [0.5, 0.6) is 0 Å². The lowest BCUT2D eigenvalue weighted by Gasteiger charge is -2.62. The summed E-state index contributed by atoms with van der Waals surface area (Å²) in [6.45, 7) is 19.2. The Bertz CT molecular complexity index is 1290. The van der Waals surface area contributed by atoms with E-state index in [4.69, 9.17) is 18.9 Å². The van der Waals surface area contributed by atoms with Crippen LogP contribution in [0.25, 0.3) is 0 Å². The monoisotopic (exact) mass is 660 g/mol. The van der Waals surface area contributed by atoms with Crippen LogP contribution in [-0.4, -0.2) is 82.7 Å². The quantitative estimate of drug-likeness (QED) is 0.287. The molecule has 0 aromatic rings. The maximum Gasteiger partial charge on any atom is 0.303 e. The third-order valence-corrected chi connectivity index (χ3v) is 15.7. The molecule has 47 heavy (non-hydrogen) atoms. The fourth-order valence-corrected chi connectivity index (χ4v) is 13.5. The van der Waals surface area contributed by atoms with Gasteiger partial charge in [-0.05, 0) is 90.8 Å². The van der Waals surface area contributed by atoms with E-state index in [2.05, 4.69) is 55.4 Å². The Balaban J connectivity index is 1.15. The van der Waals surface area contributed by atoms with Crippen LogP contribution in [0.15, 0.2) is 0 Å². The van der Waals surface area contributed by atoms with Crippen LogP contribution in [0.4, 0.5) is 0 Å². The highest BCUT2D eigenvalue weighted by Gasteiger charge is 2.85. The van der Waals surface area contributed by atoms with Gasteiger partial charge in [-0.1, -0.05) is 55.4 Å². The number of rotatable bonds is 4. The topological polar surface area (TPSA) is 132 Å². The second-order valence-corrected chi connectivity index (χ2v) is 19.1. The summed E-state index contributed by atoms with van der Waals surface area (Å²) in [6, 6.07) is 0. The van der Waals surface area contributed by atoms with Crippen molar-refractivity contribution in [2.24, 2.45) is 56.2 Å². The molecule has 5 aliphatic carbocycles. The van der Waals surface area contributed by atoms with Gasteiger partial charge in [0.2, 0.25) is 0 Å². The number of esters is 1. The molecule has 2 saturated heterocycles. The second kappa shape index (κ2) is 10.7. The Morgan fingerprint density at radius 2 is 1.62 bits per heavy atom. The van der Waals surface area contributed by atoms with Gasteiger partial charge in [0.05, 0.1) is 18.8 Å². The lowest BCUT2D eigenvalue weighted by atomic mass is 9.41. The normalized spacial score (nSPS) is 53.9. The number of fused-ring (bicyclic) bond motifs is 4. The molecule has 9 nitrogen and oxygen atoms in total. The lowest BCUT2D eigenvalue weighted by molar-refractivity contribution is -0.302. The Morgan fingerprint density at radius 1 is 0.957 bits per heavy atom. The molecular formula is C38H60O9. The van der Waals surface area contributed by atoms with Gasteiger partial charge in [0, 0.05) is 23.7 Å². The van der Waals surface area contributed by atoms with Crippen molar-refractivity contribution >= 4 is 11.8 Å². The molecule has 0 aromatic heterocycles. The van der Waals surface area contributed by atoms with Crippen molar-refractivity contribution in [2.45, 2.75) is 163 Å². The Morgan fingerprint density at radius 3 is 2.28 bits per heavy atom. The minimum atomic E-state index is -1.29. The van der Waals surface area contributed by atoms with Crippen LogP contribution in [0.3, 0.4) is 0 Å². The Hall–Kier alpha value is -1.10. The summed E-state index contributed by atoms with van der Waals surface area (Å²) >= 11 is 0. The van der Waals surface area contributed by atoms with E-state index in [-0.39, 0.29) is 69.5 Å². The first kappa shape index (κ1) is 34.4. The molecule has 2 spiro atoms. The van der Waals surface area contributed by atoms with Gasteiger partial charge in [0.1, 0.15) is 30.5 Å². The summed E-state index contributed by atoms with van der Waals surface area (Å²) in [5.74, 6) is 1.11. The molecule has 5 saturated carbocycles. The molecule has 3 unspecified atom stereocenters. The van der Waals surface area contributed by atoms with Gasteiger partial charge in [-0.2, -0.15) is 0 Å². The zero-order chi connectivity index (χ0) is 34.3. The number of hydrogen-bond donors (Lipinski definition) is 3. The van der Waals surface area contributed by atoms with E-state index in [0.29, 0.717) is 11.8 Å². The number of Topliss-reactive ketones (excluding diaryl/α,β-unsaturated/α-hetero) is 1. The average molecular weight is 661 g/mol. The predicted molar refractivity (Wildman–Crippen MR) is 173 cm³/mol. The first-order valence-corrected chi connectivity index (χ1v) is 18.4. The van der Waals surface area contributed by atoms with Crippen molar-refractivity contribution in [3.05, 3.63) is 0 Å². The first-order valence-electron chi connectivity index (χ1n) is 18.4. The minimum Gasteiger partial charge on any atom is -0.459 e. The van der Waals surface area contributed by atoms with Crippen LogP contribution < -0.4 is 0 Å². The van der Waals surface area contributed by atoms with Gasteiger partial charge in [-0.25, -0.2) is 0 Å². The number of carbonyl (C=O) groups excluding carboxylic acids is 2. The van der Waals surface area contributed by atoms with Gasteiger partial charge in [0.15, 0.2) is 12.1 Å². The molecule has 2 heterocycles. The molecule has 3 N–H and O–H groups in total. The van der Waals surface area contributed by atoms with Gasteiger partial charge in [0.25, 0.3) is 0 Å². The van der Waals surface area contributed by atoms with Crippen LogP contribution >= 0.6 is 0 Å². The van der Waals surface area contributed by atoms with Crippen LogP contribution in [0, 0.1) is 56.2 Å². The number of ketones is 1. The van der Waals surface area contributed by atoms with E-state index in [0.717, 1.165) is 51.4 Å². The Labute approximate surface area is 280 Å². The average Bonchev–Trinajstić information content (AvgIpc) is 3.61. The highest BCUT2D eigenvalue weighted by molar-refractivity contribution is 5.93. The third-order valence-electron chi connectivity index (χ3n) is 15.7. The summed E-state index contributed by atoms with van der Waals surface area (Å²) in [6.07, 6.45) is 1.98. The maximum absolute atomic E-state index is 15.0. The van der Waals surface area contributed by atoms with Crippen molar-refractivity contribution in [3.8, 4) is 0 Å². The number of aliphatic hydroxyl groups excluding tert-OH is 3. The highest BCUT2D eigenvalue weighted by atomic mass is 16.7. The molecule has 266 valence electrons. The van der Waals surface area contributed by atoms with Gasteiger partial charge < -0.3 is 34.3 Å². The molecule has 0 amide bonds. The zero-order valence-corrected chi connectivity index (χ0v) is 30.1. The van der Waals surface area contributed by atoms with E-state index in [1.807, 2.05) is 0 Å². The second-order valence-electron chi connectivity index (χ2n) is 19.1. The van der Waals surface area contributed by atoms with Crippen LogP contribution in [0.2, 0.25) is 0 Å². The number of aliphatic hydroxyl groups is 3. The highest BCUT2D eigenvalue weighted by Crippen LogP contribution is 2.89. The van der Waals surface area contributed by atoms with Gasteiger partial charge >= 0.3 is 5.97 Å². The van der Waals surface area contributed by atoms with Gasteiger partial charge in [-0.3, -0.25) is 9.59 Å². The van der Waals surface area contributed by atoms with Crippen LogP contribution in [-0.2, 0) is 28.5 Å². The fraction of sp³-hybridized carbons (Fsp3) is 0.947. The van der Waals surface area contributed by atoms with Crippen molar-refractivity contribution in [3.63, 3.8) is 0 Å². The number of hydrogen-bond acceptors (Lipinski definition) is 9. The van der Waals surface area contributed by atoms with Crippen molar-refractivity contribution in [1.82, 2.24) is 0 Å². The molecule has 7 fully saturated rings. The predicted octanol–water partition coefficient (Wildman–Crippen LogP) is 4.81. The summed E-state index contributed by atoms with van der Waals surface area (Å²) in [7, 11) is 0. The molecule has 7 aliphatic rings. The van der Waals surface area contributed by atoms with E-state index >= 15 is 4.79 Å². The zero-order valence-electron chi connectivity index (χ0n) is 30.1. The molecule has 16 atom stereocenters. The fourth-order valence-electron chi connectivity index (χ4n) is 13.5. The van der Waals surface area contributed by atoms with Crippen LogP contribution in [0.1, 0.15) is 114 Å². The number of carbonyl (C=O) groups is 2. The largest absolute Gasteiger partial charge is 0.459 e. The van der Waals surface area contributed by atoms with E-state index in [1.54, 1.807) is 0 Å². The van der Waals surface area contributed by atoms with E-state index in [1.165, 1.54) is 6.92 Å². The van der Waals surface area contributed by atoms with Crippen molar-refractivity contribution < 1.29 is 43.9 Å². The number of ether oxygens (including phenoxy) is 4. The molecule has 0 aromatic carbocycles. The maximum atomic E-state index is 15.0. The summed E-state index contributed by atoms with van der Waals surface area (Å²) in [4.78, 5) is 27.2. The summed E-state index contributed by atoms with van der Waals surface area (Å²) < 4.78 is 24.9. The van der Waals surface area contributed by atoms with Gasteiger partial charge in [-0.15, -0.1) is 0 Å². The standard InChI is InChI=1S/C38H60O9/c1-19-16-22(31(33(3,4)5)45-20(2)39)46-29-26(19)35(8)14-15-38-18-37(38)13-12-25(47-32-28(42)27(41)21(40)17-44-32)34(6,7)23(37)10-11-24(38)36(35,9)30(29)43/h19,21-29,31-32,40-42H,10-18H2,1-9H3/t19-,21?,22-,23+,24+,25?,26+,27+,28-,29+,31+,32+,35-,36-,37?,38+/m1/s1. The smallest absolute Gasteiger partial charge is 0.303 e. The first-order chi connectivity index (χ1) is 21.8. The molecule has 7 rings (SSSR count). The SMILES string of the molecule is CC(=O)O[C@@H]([C@H]1C[C@@H](C)[C@H]2[C@H](O1)C(=O)[C@@]1(C)[C@@H]3CC[C@H]4C(C)(C)C(O[C@@H]5OCC(O)[C@H](O)[C@H]5O)CCC45C[C@@]35CC[C@]21C)C(C)(C)C. The molecular weight excluding hydrogens is 600 g/mol. The molecule has 0 radical (unpaired) electrons. The lowest BCUT2D eigenvalue weighted by Crippen LogP contribution is -2.60. The molecule has 0 bridgehead atoms. The molecule has 9 heteroatoms. The molecule has 2 aliphatic heterocycles. The minimum absolute atomic E-state index is 0.0642. The van der Waals surface area contributed by atoms with E-state index in [9.17, 15) is 20.1 Å². The Kier molecular flexibility index (Phi) is 7.83. The summed E-state index contributed by atoms with van der Waals surface area (Å²) in [5, 5.41) is 30.8. The third kappa shape index (κ3) is 4.47.